The molecule has 0 spiro atoms. The zero-order chi connectivity index (χ0) is 26.1. The predicted octanol–water partition coefficient (Wildman–Crippen LogP) is -0.699. The maximum Gasteiger partial charge on any atom is 0.407 e. The quantitative estimate of drug-likeness (QED) is 0.189. The molecule has 0 aromatic rings. The molecule has 4 amide bonds. The molecule has 35 heavy (non-hydrogen) atoms. The van der Waals surface area contributed by atoms with Crippen LogP contribution in [0.1, 0.15) is 33.6 Å². The molecule has 0 atom stereocenters. The third kappa shape index (κ3) is 15.7. The standard InChI is InChI=1S/C21H35N3O11/c1-21(2,3)34-20(29)23-7-9-31-10-12-32-14-16(25)22-6-8-30-11-13-33-15-19(28)35-24-17(26)4-5-18(24)27/h4-15H2,1-3H3,(H,22,25)(H,23,29). The highest BCUT2D eigenvalue weighted by Crippen LogP contribution is 2.12. The van der Waals surface area contributed by atoms with E-state index in [1.807, 2.05) is 0 Å². The van der Waals surface area contributed by atoms with Gasteiger partial charge < -0.3 is 39.2 Å². The number of carbonyl (C=O) groups is 5. The second-order valence-corrected chi connectivity index (χ2v) is 8.15. The molecular formula is C21H35N3O11. The molecule has 1 aliphatic heterocycles. The van der Waals surface area contributed by atoms with E-state index in [-0.39, 0.29) is 71.5 Å². The molecule has 1 heterocycles. The van der Waals surface area contributed by atoms with E-state index in [2.05, 4.69) is 15.5 Å². The summed E-state index contributed by atoms with van der Waals surface area (Å²) >= 11 is 0. The molecule has 0 saturated carbocycles. The normalized spacial score (nSPS) is 13.6. The lowest BCUT2D eigenvalue weighted by atomic mass is 10.2. The Bertz CT molecular complexity index is 693. The van der Waals surface area contributed by atoms with Gasteiger partial charge in [-0.2, -0.15) is 0 Å². The lowest BCUT2D eigenvalue weighted by molar-refractivity contribution is -0.200. The number of rotatable bonds is 17. The van der Waals surface area contributed by atoms with Crippen molar-refractivity contribution in [1.82, 2.24) is 15.7 Å². The highest BCUT2D eigenvalue weighted by Gasteiger charge is 2.32. The van der Waals surface area contributed by atoms with Gasteiger partial charge in [0.2, 0.25) is 5.91 Å². The van der Waals surface area contributed by atoms with Crippen LogP contribution in [-0.2, 0) is 47.7 Å². The highest BCUT2D eigenvalue weighted by atomic mass is 16.7. The van der Waals surface area contributed by atoms with Crippen molar-refractivity contribution in [1.29, 1.82) is 0 Å². The third-order valence-corrected chi connectivity index (χ3v) is 3.88. The van der Waals surface area contributed by atoms with Gasteiger partial charge >= 0.3 is 12.1 Å². The maximum absolute atomic E-state index is 11.6. The van der Waals surface area contributed by atoms with Crippen molar-refractivity contribution in [2.24, 2.45) is 0 Å². The molecule has 200 valence electrons. The van der Waals surface area contributed by atoms with Crippen molar-refractivity contribution < 1.29 is 52.5 Å². The van der Waals surface area contributed by atoms with Gasteiger partial charge in [-0.3, -0.25) is 14.4 Å². The lowest BCUT2D eigenvalue weighted by Gasteiger charge is -2.19. The van der Waals surface area contributed by atoms with Crippen LogP contribution in [0.15, 0.2) is 0 Å². The van der Waals surface area contributed by atoms with Gasteiger partial charge in [0, 0.05) is 25.9 Å². The largest absolute Gasteiger partial charge is 0.444 e. The van der Waals surface area contributed by atoms with Crippen LogP contribution in [0, 0.1) is 0 Å². The van der Waals surface area contributed by atoms with Gasteiger partial charge in [0.25, 0.3) is 11.8 Å². The molecule has 14 heteroatoms. The Kier molecular flexibility index (Phi) is 14.5. The Morgan fingerprint density at radius 3 is 1.86 bits per heavy atom. The van der Waals surface area contributed by atoms with Gasteiger partial charge in [-0.1, -0.05) is 0 Å². The van der Waals surface area contributed by atoms with Crippen LogP contribution in [0.2, 0.25) is 0 Å². The molecule has 1 saturated heterocycles. The summed E-state index contributed by atoms with van der Waals surface area (Å²) in [5.41, 5.74) is -0.557. The molecule has 0 aromatic carbocycles. The van der Waals surface area contributed by atoms with Crippen molar-refractivity contribution >= 4 is 29.8 Å². The summed E-state index contributed by atoms with van der Waals surface area (Å²) in [5.74, 6) is -2.29. The molecule has 0 aliphatic carbocycles. The lowest BCUT2D eigenvalue weighted by Crippen LogP contribution is -2.34. The minimum atomic E-state index is -0.858. The highest BCUT2D eigenvalue weighted by molar-refractivity contribution is 6.01. The number of hydrogen-bond acceptors (Lipinski definition) is 11. The first kappa shape index (κ1) is 30.2. The fraction of sp³-hybridized carbons (Fsp3) is 0.762. The zero-order valence-electron chi connectivity index (χ0n) is 20.4. The van der Waals surface area contributed by atoms with E-state index < -0.39 is 36.1 Å². The van der Waals surface area contributed by atoms with Crippen LogP contribution < -0.4 is 10.6 Å². The molecule has 0 radical (unpaired) electrons. The summed E-state index contributed by atoms with van der Waals surface area (Å²) in [4.78, 5) is 61.9. The summed E-state index contributed by atoms with van der Waals surface area (Å²) in [6, 6.07) is 0. The number of carbonyl (C=O) groups excluding carboxylic acids is 5. The number of amides is 4. The number of nitrogens with one attached hydrogen (secondary N) is 2. The number of ether oxygens (including phenoxy) is 5. The van der Waals surface area contributed by atoms with E-state index in [0.717, 1.165) is 0 Å². The average Bonchev–Trinajstić information content (AvgIpc) is 3.08. The molecule has 0 aromatic heterocycles. The summed E-state index contributed by atoms with van der Waals surface area (Å²) in [6.45, 7) is 6.57. The second-order valence-electron chi connectivity index (χ2n) is 8.15. The van der Waals surface area contributed by atoms with Crippen LogP contribution in [0.5, 0.6) is 0 Å². The van der Waals surface area contributed by atoms with Crippen molar-refractivity contribution in [3.63, 3.8) is 0 Å². The van der Waals surface area contributed by atoms with Crippen LogP contribution in [0.4, 0.5) is 4.79 Å². The van der Waals surface area contributed by atoms with Crippen molar-refractivity contribution in [3.8, 4) is 0 Å². The number of nitrogens with zero attached hydrogens (tertiary/aromatic N) is 1. The fourth-order valence-corrected chi connectivity index (χ4v) is 2.40. The molecule has 1 fully saturated rings. The van der Waals surface area contributed by atoms with Crippen LogP contribution in [0.25, 0.3) is 0 Å². The maximum atomic E-state index is 11.6. The van der Waals surface area contributed by atoms with Crippen molar-refractivity contribution in [3.05, 3.63) is 0 Å². The topological polar surface area (TPSA) is 168 Å². The number of alkyl carbamates (subject to hydrolysis) is 1. The average molecular weight is 506 g/mol. The minimum absolute atomic E-state index is 0.0224. The first-order valence-electron chi connectivity index (χ1n) is 11.2. The molecular weight excluding hydrogens is 470 g/mol. The van der Waals surface area contributed by atoms with Crippen LogP contribution >= 0.6 is 0 Å². The Hall–Kier alpha value is -2.81. The minimum Gasteiger partial charge on any atom is -0.444 e. The Labute approximate surface area is 203 Å². The molecule has 2 N–H and O–H groups in total. The van der Waals surface area contributed by atoms with E-state index in [4.69, 9.17) is 23.7 Å². The summed E-state index contributed by atoms with van der Waals surface area (Å²) in [5, 5.41) is 5.62. The van der Waals surface area contributed by atoms with Gasteiger partial charge in [-0.15, -0.1) is 5.06 Å². The molecule has 1 aliphatic rings. The first-order valence-corrected chi connectivity index (χ1v) is 11.2. The predicted molar refractivity (Wildman–Crippen MR) is 118 cm³/mol. The SMILES string of the molecule is CC(C)(C)OC(=O)NCCOCCOCC(=O)NCCOCCOCC(=O)ON1C(=O)CCC1=O. The van der Waals surface area contributed by atoms with Gasteiger partial charge in [0.1, 0.15) is 18.8 Å². The number of hydrogen-bond donors (Lipinski definition) is 2. The van der Waals surface area contributed by atoms with E-state index in [0.29, 0.717) is 11.6 Å². The van der Waals surface area contributed by atoms with Gasteiger partial charge in [0.05, 0.1) is 39.6 Å². The molecule has 14 nitrogen and oxygen atoms in total. The Balaban J connectivity index is 1.86. The fourth-order valence-electron chi connectivity index (χ4n) is 2.40. The summed E-state index contributed by atoms with van der Waals surface area (Å²) < 4.78 is 25.8. The Morgan fingerprint density at radius 1 is 0.771 bits per heavy atom. The summed E-state index contributed by atoms with van der Waals surface area (Å²) in [6.07, 6.45) is -0.469. The Morgan fingerprint density at radius 2 is 1.29 bits per heavy atom. The molecule has 0 unspecified atom stereocenters. The van der Waals surface area contributed by atoms with E-state index in [1.54, 1.807) is 20.8 Å². The van der Waals surface area contributed by atoms with E-state index >= 15 is 0 Å². The molecule has 1 rings (SSSR count). The van der Waals surface area contributed by atoms with Gasteiger partial charge in [-0.05, 0) is 20.8 Å². The number of imide groups is 1. The van der Waals surface area contributed by atoms with Crippen LogP contribution in [0.3, 0.4) is 0 Å². The van der Waals surface area contributed by atoms with Crippen molar-refractivity contribution in [2.75, 3.05) is 65.9 Å². The van der Waals surface area contributed by atoms with Gasteiger partial charge in [-0.25, -0.2) is 9.59 Å². The monoisotopic (exact) mass is 505 g/mol. The third-order valence-electron chi connectivity index (χ3n) is 3.88. The van der Waals surface area contributed by atoms with Crippen molar-refractivity contribution in [2.45, 2.75) is 39.2 Å². The van der Waals surface area contributed by atoms with Gasteiger partial charge in [0.15, 0.2) is 0 Å². The smallest absolute Gasteiger partial charge is 0.407 e. The van der Waals surface area contributed by atoms with E-state index in [9.17, 15) is 24.0 Å². The molecule has 0 bridgehead atoms. The van der Waals surface area contributed by atoms with Crippen LogP contribution in [-0.4, -0.2) is 106 Å². The summed E-state index contributed by atoms with van der Waals surface area (Å²) in [7, 11) is 0. The first-order chi connectivity index (χ1) is 16.6. The zero-order valence-corrected chi connectivity index (χ0v) is 20.4. The number of hydroxylamine groups is 2. The second kappa shape index (κ2) is 16.8. The van der Waals surface area contributed by atoms with E-state index in [1.165, 1.54) is 0 Å².